The number of aromatic nitrogens is 3. The third kappa shape index (κ3) is 5.62. The zero-order valence-corrected chi connectivity index (χ0v) is 16.5. The van der Waals surface area contributed by atoms with E-state index in [0.717, 1.165) is 0 Å². The van der Waals surface area contributed by atoms with Crippen LogP contribution >= 0.6 is 0 Å². The molecule has 0 bridgehead atoms. The lowest BCUT2D eigenvalue weighted by atomic mass is 10.1. The first-order valence-electron chi connectivity index (χ1n) is 8.42. The van der Waals surface area contributed by atoms with E-state index in [1.165, 1.54) is 50.1 Å². The Morgan fingerprint density at radius 2 is 1.87 bits per heavy atom. The number of anilines is 1. The van der Waals surface area contributed by atoms with Gasteiger partial charge < -0.3 is 14.2 Å². The fraction of sp³-hybridized carbons (Fsp3) is 0.111. The molecule has 0 saturated carbocycles. The maximum Gasteiger partial charge on any atom is 0.380 e. The molecule has 3 aromatic rings. The molecule has 3 rings (SSSR count). The zero-order valence-electron chi connectivity index (χ0n) is 15.7. The van der Waals surface area contributed by atoms with Crippen LogP contribution in [0, 0.1) is 0 Å². The molecule has 0 spiro atoms. The Morgan fingerprint density at radius 3 is 2.47 bits per heavy atom. The van der Waals surface area contributed by atoms with Gasteiger partial charge in [0, 0.05) is 11.3 Å². The highest BCUT2D eigenvalue weighted by Gasteiger charge is 2.13. The number of benzene rings is 2. The number of hydrogen-bond donors (Lipinski definition) is 2. The second kappa shape index (κ2) is 8.71. The number of carbonyl (C=O) groups is 2. The molecule has 30 heavy (non-hydrogen) atoms. The largest absolute Gasteiger partial charge is 0.465 e. The molecule has 2 aromatic carbocycles. The topological polar surface area (TPSA) is 156 Å². The number of ether oxygens (including phenoxy) is 1. The number of nitrogens with two attached hydrogens (primary N) is 1. The maximum absolute atomic E-state index is 12.6. The van der Waals surface area contributed by atoms with Crippen LogP contribution in [-0.2, 0) is 21.6 Å². The average Bonchev–Trinajstić information content (AvgIpc) is 3.19. The second-order valence-electron chi connectivity index (χ2n) is 6.06. The van der Waals surface area contributed by atoms with Crippen molar-refractivity contribution >= 4 is 27.9 Å². The van der Waals surface area contributed by atoms with Gasteiger partial charge in [-0.3, -0.25) is 4.79 Å². The van der Waals surface area contributed by atoms with Crippen molar-refractivity contribution in [2.45, 2.75) is 6.54 Å². The third-order valence-corrected chi connectivity index (χ3v) is 4.24. The molecule has 11 nitrogen and oxygen atoms in total. The van der Waals surface area contributed by atoms with Gasteiger partial charge in [0.25, 0.3) is 5.91 Å². The van der Waals surface area contributed by atoms with Gasteiger partial charge in [0.15, 0.2) is 0 Å². The smallest absolute Gasteiger partial charge is 0.380 e. The summed E-state index contributed by atoms with van der Waals surface area (Å²) in [7, 11) is -2.90. The summed E-state index contributed by atoms with van der Waals surface area (Å²) in [6.45, 7) is 0.327. The number of rotatable bonds is 7. The molecule has 1 amide bonds. The molecule has 0 fully saturated rings. The fourth-order valence-electron chi connectivity index (χ4n) is 2.59. The normalized spacial score (nSPS) is 11.0. The summed E-state index contributed by atoms with van der Waals surface area (Å²) in [6.07, 6.45) is 2.91. The number of hydrogen-bond acceptors (Lipinski definition) is 8. The Kier molecular flexibility index (Phi) is 6.09. The van der Waals surface area contributed by atoms with Gasteiger partial charge in [-0.25, -0.2) is 14.5 Å². The van der Waals surface area contributed by atoms with E-state index < -0.39 is 22.2 Å². The third-order valence-electron chi connectivity index (χ3n) is 3.81. The lowest BCUT2D eigenvalue weighted by Gasteiger charge is -2.11. The summed E-state index contributed by atoms with van der Waals surface area (Å²) in [5.41, 5.74) is 1.54. The van der Waals surface area contributed by atoms with E-state index in [2.05, 4.69) is 19.6 Å². The van der Waals surface area contributed by atoms with Gasteiger partial charge in [-0.05, 0) is 48.0 Å². The molecule has 1 aromatic heterocycles. The van der Waals surface area contributed by atoms with Gasteiger partial charge in [0.2, 0.25) is 0 Å². The summed E-state index contributed by atoms with van der Waals surface area (Å²) < 4.78 is 32.7. The molecule has 0 aliphatic heterocycles. The van der Waals surface area contributed by atoms with E-state index in [1.807, 2.05) is 0 Å². The van der Waals surface area contributed by atoms with E-state index in [1.54, 1.807) is 16.8 Å². The molecule has 0 radical (unpaired) electrons. The van der Waals surface area contributed by atoms with Crippen LogP contribution in [0.3, 0.4) is 0 Å². The molecule has 0 unspecified atom stereocenters. The highest BCUT2D eigenvalue weighted by Crippen LogP contribution is 2.19. The van der Waals surface area contributed by atoms with Gasteiger partial charge in [0.1, 0.15) is 18.4 Å². The van der Waals surface area contributed by atoms with Gasteiger partial charge in [0.05, 0.1) is 19.2 Å². The van der Waals surface area contributed by atoms with Gasteiger partial charge in [-0.15, -0.1) is 0 Å². The number of nitrogens with zero attached hydrogens (tertiary/aromatic N) is 3. The number of nitrogens with one attached hydrogen (secondary N) is 1. The lowest BCUT2D eigenvalue weighted by Crippen LogP contribution is -2.19. The van der Waals surface area contributed by atoms with E-state index in [-0.39, 0.29) is 16.9 Å². The predicted molar refractivity (Wildman–Crippen MR) is 105 cm³/mol. The zero-order chi connectivity index (χ0) is 21.7. The number of methoxy groups -OCH3 is 1. The molecular formula is C18H17N5O6S. The molecule has 0 saturated heterocycles. The van der Waals surface area contributed by atoms with Gasteiger partial charge in [-0.2, -0.15) is 18.7 Å². The molecule has 0 aliphatic rings. The lowest BCUT2D eigenvalue weighted by molar-refractivity contribution is 0.0600. The van der Waals surface area contributed by atoms with Crippen molar-refractivity contribution in [2.24, 2.45) is 5.14 Å². The van der Waals surface area contributed by atoms with Crippen LogP contribution < -0.4 is 14.6 Å². The van der Waals surface area contributed by atoms with Crippen LogP contribution in [0.25, 0.3) is 0 Å². The molecule has 3 N–H and O–H groups in total. The fourth-order valence-corrected chi connectivity index (χ4v) is 2.97. The minimum absolute atomic E-state index is 0.0307. The molecule has 0 atom stereocenters. The first kappa shape index (κ1) is 21.0. The van der Waals surface area contributed by atoms with Crippen molar-refractivity contribution in [3.05, 3.63) is 71.8 Å². The van der Waals surface area contributed by atoms with Crippen molar-refractivity contribution in [1.29, 1.82) is 0 Å². The molecular weight excluding hydrogens is 414 g/mol. The SMILES string of the molecule is COC(=O)c1cc(Cn2cncn2)cc(NC(=O)c2ccc(OS(N)(=O)=O)cc2)c1. The minimum atomic E-state index is -4.16. The summed E-state index contributed by atoms with van der Waals surface area (Å²) >= 11 is 0. The van der Waals surface area contributed by atoms with Crippen LogP contribution in [0.1, 0.15) is 26.3 Å². The van der Waals surface area contributed by atoms with Crippen LogP contribution in [-0.4, -0.2) is 42.2 Å². The van der Waals surface area contributed by atoms with Crippen molar-refractivity contribution < 1.29 is 26.9 Å². The average molecular weight is 431 g/mol. The van der Waals surface area contributed by atoms with Crippen molar-refractivity contribution in [3.63, 3.8) is 0 Å². The Balaban J connectivity index is 1.82. The Labute approximate surface area is 171 Å². The predicted octanol–water partition coefficient (Wildman–Crippen LogP) is 0.948. The quantitative estimate of drug-likeness (QED) is 0.524. The van der Waals surface area contributed by atoms with Crippen molar-refractivity contribution in [2.75, 3.05) is 12.4 Å². The Morgan fingerprint density at radius 1 is 1.13 bits per heavy atom. The van der Waals surface area contributed by atoms with Crippen molar-refractivity contribution in [3.8, 4) is 5.75 Å². The number of amides is 1. The minimum Gasteiger partial charge on any atom is -0.465 e. The highest BCUT2D eigenvalue weighted by molar-refractivity contribution is 7.84. The molecule has 156 valence electrons. The van der Waals surface area contributed by atoms with E-state index >= 15 is 0 Å². The summed E-state index contributed by atoms with van der Waals surface area (Å²) in [5.74, 6) is -1.07. The van der Waals surface area contributed by atoms with E-state index in [9.17, 15) is 18.0 Å². The number of esters is 1. The molecule has 1 heterocycles. The number of carbonyl (C=O) groups excluding carboxylic acids is 2. The second-order valence-corrected chi connectivity index (χ2v) is 7.21. The first-order valence-corrected chi connectivity index (χ1v) is 9.89. The molecule has 0 aliphatic carbocycles. The van der Waals surface area contributed by atoms with Crippen LogP contribution in [0.2, 0.25) is 0 Å². The summed E-state index contributed by atoms with van der Waals surface area (Å²) in [4.78, 5) is 28.4. The van der Waals surface area contributed by atoms with Crippen LogP contribution in [0.15, 0.2) is 55.1 Å². The Bertz CT molecular complexity index is 1160. The standard InChI is InChI=1S/C18H17N5O6S/c1-28-18(25)14-6-12(9-23-11-20-10-21-23)7-15(8-14)22-17(24)13-2-4-16(5-3-13)29-30(19,26)27/h2-8,10-11H,9H2,1H3,(H,22,24)(H2,19,26,27). The highest BCUT2D eigenvalue weighted by atomic mass is 32.2. The van der Waals surface area contributed by atoms with Crippen LogP contribution in [0.5, 0.6) is 5.75 Å². The van der Waals surface area contributed by atoms with Crippen LogP contribution in [0.4, 0.5) is 5.69 Å². The van der Waals surface area contributed by atoms with Gasteiger partial charge >= 0.3 is 16.3 Å². The van der Waals surface area contributed by atoms with E-state index in [0.29, 0.717) is 17.8 Å². The first-order chi connectivity index (χ1) is 14.2. The van der Waals surface area contributed by atoms with Gasteiger partial charge in [-0.1, -0.05) is 0 Å². The summed E-state index contributed by atoms with van der Waals surface area (Å²) in [6, 6.07) is 10.1. The maximum atomic E-state index is 12.6. The summed E-state index contributed by atoms with van der Waals surface area (Å²) in [5, 5.41) is 11.5. The van der Waals surface area contributed by atoms with Crippen molar-refractivity contribution in [1.82, 2.24) is 14.8 Å². The molecule has 12 heteroatoms. The monoisotopic (exact) mass is 431 g/mol. The Hall–Kier alpha value is -3.77. The van der Waals surface area contributed by atoms with E-state index in [4.69, 9.17) is 9.88 Å².